The number of nitrogens with zero attached hydrogens (tertiary/aromatic N) is 5. The molecule has 0 amide bonds. The number of hydrogen-bond donors (Lipinski definition) is 0. The monoisotopic (exact) mass is 451 g/mol. The van der Waals surface area contributed by atoms with Crippen LogP contribution < -0.4 is 5.56 Å². The molecule has 0 unspecified atom stereocenters. The molecule has 2 aromatic heterocycles. The summed E-state index contributed by atoms with van der Waals surface area (Å²) >= 11 is 1.34. The van der Waals surface area contributed by atoms with Crippen LogP contribution in [-0.2, 0) is 12.3 Å². The van der Waals surface area contributed by atoms with E-state index < -0.39 is 4.92 Å². The van der Waals surface area contributed by atoms with Crippen molar-refractivity contribution in [3.8, 4) is 11.4 Å². The van der Waals surface area contributed by atoms with Crippen LogP contribution in [0.25, 0.3) is 22.3 Å². The highest BCUT2D eigenvalue weighted by atomic mass is 32.2. The van der Waals surface area contributed by atoms with Gasteiger partial charge in [-0.05, 0) is 24.5 Å². The maximum absolute atomic E-state index is 13.1. The molecule has 0 N–H and O–H groups in total. The first-order chi connectivity index (χ1) is 15.4. The largest absolute Gasteiger partial charge is 0.338 e. The zero-order valence-electron chi connectivity index (χ0n) is 17.6. The molecule has 4 rings (SSSR count). The molecule has 0 saturated carbocycles. The van der Waals surface area contributed by atoms with E-state index in [1.807, 2.05) is 18.2 Å². The molecule has 0 bridgehead atoms. The van der Waals surface area contributed by atoms with Crippen molar-refractivity contribution in [3.05, 3.63) is 74.9 Å². The molecular formula is C22H21N5O4S. The number of fused-ring (bicyclic) bond motifs is 1. The second-order valence-electron chi connectivity index (χ2n) is 7.66. The van der Waals surface area contributed by atoms with E-state index in [0.717, 1.165) is 6.42 Å². The second kappa shape index (κ2) is 9.31. The van der Waals surface area contributed by atoms with Gasteiger partial charge >= 0.3 is 0 Å². The molecule has 2 heterocycles. The number of hydrogen-bond acceptors (Lipinski definition) is 8. The van der Waals surface area contributed by atoms with Crippen molar-refractivity contribution in [2.45, 2.75) is 37.7 Å². The molecule has 0 aliphatic rings. The molecule has 164 valence electrons. The number of rotatable bonds is 8. The third kappa shape index (κ3) is 4.70. The van der Waals surface area contributed by atoms with Crippen molar-refractivity contribution in [1.82, 2.24) is 19.7 Å². The molecule has 0 saturated heterocycles. The summed E-state index contributed by atoms with van der Waals surface area (Å²) in [4.78, 5) is 32.6. The average Bonchev–Trinajstić information content (AvgIpc) is 3.26. The molecule has 0 fully saturated rings. The zero-order chi connectivity index (χ0) is 22.7. The van der Waals surface area contributed by atoms with E-state index in [1.54, 1.807) is 22.8 Å². The summed E-state index contributed by atoms with van der Waals surface area (Å²) in [6, 6.07) is 13.4. The van der Waals surface area contributed by atoms with E-state index in [1.165, 1.54) is 23.9 Å². The molecule has 32 heavy (non-hydrogen) atoms. The normalized spacial score (nSPS) is 11.3. The highest BCUT2D eigenvalue weighted by Gasteiger charge is 2.16. The predicted molar refractivity (Wildman–Crippen MR) is 121 cm³/mol. The predicted octanol–water partition coefficient (Wildman–Crippen LogP) is 4.69. The van der Waals surface area contributed by atoms with Crippen molar-refractivity contribution in [2.24, 2.45) is 5.92 Å². The van der Waals surface area contributed by atoms with Gasteiger partial charge in [0.1, 0.15) is 0 Å². The van der Waals surface area contributed by atoms with E-state index in [2.05, 4.69) is 29.0 Å². The van der Waals surface area contributed by atoms with Crippen LogP contribution in [0.3, 0.4) is 0 Å². The van der Waals surface area contributed by atoms with Crippen LogP contribution in [-0.4, -0.2) is 24.6 Å². The summed E-state index contributed by atoms with van der Waals surface area (Å²) in [5.74, 6) is 1.37. The lowest BCUT2D eigenvalue weighted by molar-refractivity contribution is -0.384. The Labute approximate surface area is 187 Å². The maximum atomic E-state index is 13.1. The van der Waals surface area contributed by atoms with Crippen molar-refractivity contribution in [3.63, 3.8) is 0 Å². The maximum Gasteiger partial charge on any atom is 0.270 e. The SMILES string of the molecule is CC(C)CCn1c(SCc2nc(-c3cccc([N+](=O)[O-])c3)no2)nc2ccccc2c1=O. The third-order valence-corrected chi connectivity index (χ3v) is 5.83. The summed E-state index contributed by atoms with van der Waals surface area (Å²) in [6.45, 7) is 4.79. The Kier molecular flexibility index (Phi) is 6.31. The molecule has 0 radical (unpaired) electrons. The number of nitro benzene ring substituents is 1. The number of non-ortho nitro benzene ring substituents is 1. The van der Waals surface area contributed by atoms with E-state index >= 15 is 0 Å². The lowest BCUT2D eigenvalue weighted by Crippen LogP contribution is -2.24. The highest BCUT2D eigenvalue weighted by Crippen LogP contribution is 2.25. The Morgan fingerprint density at radius 1 is 1.16 bits per heavy atom. The first-order valence-corrected chi connectivity index (χ1v) is 11.1. The van der Waals surface area contributed by atoms with Crippen LogP contribution in [0.4, 0.5) is 5.69 Å². The minimum Gasteiger partial charge on any atom is -0.338 e. The van der Waals surface area contributed by atoms with Crippen molar-refractivity contribution in [1.29, 1.82) is 0 Å². The van der Waals surface area contributed by atoms with E-state index in [-0.39, 0.29) is 17.1 Å². The molecule has 2 aromatic carbocycles. The van der Waals surface area contributed by atoms with Gasteiger partial charge in [0.05, 0.1) is 21.6 Å². The number of aromatic nitrogens is 4. The minimum absolute atomic E-state index is 0.0437. The molecule has 0 aliphatic carbocycles. The van der Waals surface area contributed by atoms with E-state index in [0.29, 0.717) is 45.7 Å². The molecule has 10 heteroatoms. The standard InChI is InChI=1S/C22H21N5O4S/c1-14(2)10-11-26-21(28)17-8-3-4-9-18(17)23-22(26)32-13-19-24-20(25-31-19)15-6-5-7-16(12-15)27(29)30/h3-9,12,14H,10-11,13H2,1-2H3. The van der Waals surface area contributed by atoms with Crippen molar-refractivity contribution < 1.29 is 9.45 Å². The molecule has 0 spiro atoms. The fourth-order valence-corrected chi connectivity index (χ4v) is 4.02. The van der Waals surface area contributed by atoms with E-state index in [9.17, 15) is 14.9 Å². The van der Waals surface area contributed by atoms with Crippen LogP contribution in [0, 0.1) is 16.0 Å². The lowest BCUT2D eigenvalue weighted by atomic mass is 10.1. The molecule has 0 atom stereocenters. The zero-order valence-corrected chi connectivity index (χ0v) is 18.4. The Morgan fingerprint density at radius 3 is 2.75 bits per heavy atom. The molecular weight excluding hydrogens is 430 g/mol. The Hall–Kier alpha value is -3.53. The van der Waals surface area contributed by atoms with Gasteiger partial charge in [0, 0.05) is 24.2 Å². The fraction of sp³-hybridized carbons (Fsp3) is 0.273. The molecule has 9 nitrogen and oxygen atoms in total. The Balaban J connectivity index is 1.59. The van der Waals surface area contributed by atoms with Crippen LogP contribution in [0.5, 0.6) is 0 Å². The number of para-hydroxylation sites is 1. The van der Waals surface area contributed by atoms with Crippen LogP contribution in [0.15, 0.2) is 63.0 Å². The van der Waals surface area contributed by atoms with Crippen LogP contribution in [0.2, 0.25) is 0 Å². The summed E-state index contributed by atoms with van der Waals surface area (Å²) in [7, 11) is 0. The lowest BCUT2D eigenvalue weighted by Gasteiger charge is -2.13. The summed E-state index contributed by atoms with van der Waals surface area (Å²) in [5, 5.41) is 16.1. The second-order valence-corrected chi connectivity index (χ2v) is 8.60. The van der Waals surface area contributed by atoms with Gasteiger partial charge in [0.15, 0.2) is 5.16 Å². The van der Waals surface area contributed by atoms with Crippen molar-refractivity contribution >= 4 is 28.4 Å². The number of nitro groups is 1. The van der Waals surface area contributed by atoms with E-state index in [4.69, 9.17) is 4.52 Å². The van der Waals surface area contributed by atoms with Gasteiger partial charge in [0.2, 0.25) is 11.7 Å². The van der Waals surface area contributed by atoms with Gasteiger partial charge in [-0.3, -0.25) is 19.5 Å². The van der Waals surface area contributed by atoms with Crippen LogP contribution >= 0.6 is 11.8 Å². The molecule has 4 aromatic rings. The Morgan fingerprint density at radius 2 is 1.97 bits per heavy atom. The van der Waals surface area contributed by atoms with Crippen molar-refractivity contribution in [2.75, 3.05) is 0 Å². The number of thioether (sulfide) groups is 1. The van der Waals surface area contributed by atoms with Crippen LogP contribution in [0.1, 0.15) is 26.2 Å². The average molecular weight is 452 g/mol. The molecule has 0 aliphatic heterocycles. The summed E-state index contributed by atoms with van der Waals surface area (Å²) in [6.07, 6.45) is 0.852. The fourth-order valence-electron chi connectivity index (χ4n) is 3.16. The number of benzene rings is 2. The van der Waals surface area contributed by atoms with Gasteiger partial charge in [-0.25, -0.2) is 4.98 Å². The summed E-state index contributed by atoms with van der Waals surface area (Å²) in [5.41, 5.74) is 1.03. The first kappa shape index (κ1) is 21.7. The smallest absolute Gasteiger partial charge is 0.270 e. The van der Waals surface area contributed by atoms with Gasteiger partial charge < -0.3 is 4.52 Å². The first-order valence-electron chi connectivity index (χ1n) is 10.1. The summed E-state index contributed by atoms with van der Waals surface area (Å²) < 4.78 is 7.03. The topological polar surface area (TPSA) is 117 Å². The van der Waals surface area contributed by atoms with Gasteiger partial charge in [-0.1, -0.05) is 55.0 Å². The third-order valence-electron chi connectivity index (χ3n) is 4.86. The van der Waals surface area contributed by atoms with Gasteiger partial charge in [-0.2, -0.15) is 4.98 Å². The van der Waals surface area contributed by atoms with Gasteiger partial charge in [-0.15, -0.1) is 0 Å². The quantitative estimate of drug-likeness (QED) is 0.164. The highest BCUT2D eigenvalue weighted by molar-refractivity contribution is 7.98. The van der Waals surface area contributed by atoms with Gasteiger partial charge in [0.25, 0.3) is 11.2 Å². The minimum atomic E-state index is -0.470. The Bertz CT molecular complexity index is 1330.